The molecule has 0 bridgehead atoms. The Morgan fingerprint density at radius 1 is 0.974 bits per heavy atom. The van der Waals surface area contributed by atoms with Crippen molar-refractivity contribution >= 4 is 39.1 Å². The Labute approximate surface area is 226 Å². The second-order valence-electron chi connectivity index (χ2n) is 8.39. The van der Waals surface area contributed by atoms with Crippen molar-refractivity contribution in [2.24, 2.45) is 0 Å². The van der Waals surface area contributed by atoms with Gasteiger partial charge in [-0.05, 0) is 61.4 Å². The number of anilines is 1. The minimum atomic E-state index is -4.30. The Kier molecular flexibility index (Phi) is 9.82. The molecule has 0 radical (unpaired) electrons. The molecule has 202 valence electrons. The van der Waals surface area contributed by atoms with Crippen molar-refractivity contribution < 1.29 is 26.8 Å². The van der Waals surface area contributed by atoms with E-state index in [1.54, 1.807) is 19.9 Å². The number of carbonyl (C=O) groups excluding carboxylic acids is 2. The summed E-state index contributed by atoms with van der Waals surface area (Å²) in [4.78, 5) is 27.8. The summed E-state index contributed by atoms with van der Waals surface area (Å²) in [7, 11) is -4.30. The molecule has 0 unspecified atom stereocenters. The van der Waals surface area contributed by atoms with Crippen LogP contribution in [0.4, 0.5) is 14.5 Å². The summed E-state index contributed by atoms with van der Waals surface area (Å²) in [6.45, 7) is 3.03. The monoisotopic (exact) mass is 563 g/mol. The summed E-state index contributed by atoms with van der Waals surface area (Å²) in [5, 5.41) is 2.38. The molecule has 1 N–H and O–H groups in total. The first-order valence-corrected chi connectivity index (χ1v) is 13.7. The lowest BCUT2D eigenvalue weighted by atomic mass is 10.1. The number of nitrogens with one attached hydrogen (secondary N) is 1. The summed E-state index contributed by atoms with van der Waals surface area (Å²) < 4.78 is 55.5. The van der Waals surface area contributed by atoms with Gasteiger partial charge >= 0.3 is 0 Å². The average molecular weight is 564 g/mol. The maximum atomic E-state index is 13.9. The van der Waals surface area contributed by atoms with Gasteiger partial charge < -0.3 is 10.2 Å². The first-order chi connectivity index (χ1) is 18.1. The predicted octanol–water partition coefficient (Wildman–Crippen LogP) is 4.76. The van der Waals surface area contributed by atoms with Gasteiger partial charge in [0.25, 0.3) is 10.0 Å². The fourth-order valence-electron chi connectivity index (χ4n) is 3.89. The molecule has 11 heteroatoms. The zero-order valence-electron chi connectivity index (χ0n) is 20.9. The molecule has 0 fully saturated rings. The Bertz CT molecular complexity index is 1370. The Morgan fingerprint density at radius 2 is 1.63 bits per heavy atom. The lowest BCUT2D eigenvalue weighted by Gasteiger charge is -2.33. The topological polar surface area (TPSA) is 86.8 Å². The molecule has 7 nitrogen and oxygen atoms in total. The van der Waals surface area contributed by atoms with Gasteiger partial charge in [-0.3, -0.25) is 13.9 Å². The van der Waals surface area contributed by atoms with Gasteiger partial charge in [0.05, 0.1) is 15.6 Å². The highest BCUT2D eigenvalue weighted by molar-refractivity contribution is 7.92. The third-order valence-electron chi connectivity index (χ3n) is 5.80. The summed E-state index contributed by atoms with van der Waals surface area (Å²) in [6.07, 6.45) is 0.243. The van der Waals surface area contributed by atoms with E-state index in [1.165, 1.54) is 59.5 Å². The lowest BCUT2D eigenvalue weighted by Crippen LogP contribution is -2.52. The van der Waals surface area contributed by atoms with Gasteiger partial charge in [0, 0.05) is 13.1 Å². The highest BCUT2D eigenvalue weighted by atomic mass is 35.5. The number of benzene rings is 3. The van der Waals surface area contributed by atoms with E-state index in [9.17, 15) is 26.8 Å². The Balaban J connectivity index is 2.06. The van der Waals surface area contributed by atoms with Crippen molar-refractivity contribution in [3.05, 3.63) is 95.0 Å². The van der Waals surface area contributed by atoms with E-state index in [1.807, 2.05) is 0 Å². The zero-order valence-corrected chi connectivity index (χ0v) is 22.5. The van der Waals surface area contributed by atoms with Gasteiger partial charge in [0.2, 0.25) is 11.8 Å². The number of likely N-dealkylation sites (N-methyl/N-ethyl adjacent to an activating group) is 1. The van der Waals surface area contributed by atoms with Crippen LogP contribution in [-0.4, -0.2) is 44.3 Å². The SMILES string of the molecule is CCNC(=O)[C@H](CC)N(Cc1ccc(F)cc1)C(=O)CN(c1ccc(F)c(Cl)c1)S(=O)(=O)c1ccccc1. The van der Waals surface area contributed by atoms with Gasteiger partial charge in [-0.2, -0.15) is 0 Å². The summed E-state index contributed by atoms with van der Waals surface area (Å²) in [5.74, 6) is -2.31. The molecule has 0 aliphatic carbocycles. The van der Waals surface area contributed by atoms with Gasteiger partial charge in [-0.1, -0.05) is 48.9 Å². The molecule has 1 atom stereocenters. The van der Waals surface area contributed by atoms with Crippen molar-refractivity contribution in [3.63, 3.8) is 0 Å². The number of amides is 2. The van der Waals surface area contributed by atoms with E-state index < -0.39 is 46.1 Å². The molecule has 38 heavy (non-hydrogen) atoms. The van der Waals surface area contributed by atoms with Crippen LogP contribution in [0.2, 0.25) is 5.02 Å². The molecular formula is C27H28ClF2N3O4S. The molecule has 0 aliphatic rings. The van der Waals surface area contributed by atoms with Crippen LogP contribution < -0.4 is 9.62 Å². The smallest absolute Gasteiger partial charge is 0.264 e. The summed E-state index contributed by atoms with van der Waals surface area (Å²) in [6, 6.07) is 15.3. The highest BCUT2D eigenvalue weighted by Gasteiger charge is 2.33. The van der Waals surface area contributed by atoms with E-state index in [-0.39, 0.29) is 28.6 Å². The number of hydrogen-bond acceptors (Lipinski definition) is 4. The van der Waals surface area contributed by atoms with Gasteiger partial charge in [0.15, 0.2) is 0 Å². The van der Waals surface area contributed by atoms with Crippen molar-refractivity contribution in [1.82, 2.24) is 10.2 Å². The van der Waals surface area contributed by atoms with Crippen molar-refractivity contribution in [2.45, 2.75) is 37.8 Å². The number of halogens is 3. The van der Waals surface area contributed by atoms with Crippen LogP contribution in [0.3, 0.4) is 0 Å². The van der Waals surface area contributed by atoms with Gasteiger partial charge in [-0.15, -0.1) is 0 Å². The molecule has 0 aromatic heterocycles. The molecule has 0 aliphatic heterocycles. The molecule has 0 saturated heterocycles. The first-order valence-electron chi connectivity index (χ1n) is 11.9. The molecule has 0 spiro atoms. The van der Waals surface area contributed by atoms with Crippen LogP contribution in [0, 0.1) is 11.6 Å². The fraction of sp³-hybridized carbons (Fsp3) is 0.259. The molecular weight excluding hydrogens is 536 g/mol. The zero-order chi connectivity index (χ0) is 27.9. The van der Waals surface area contributed by atoms with Crippen LogP contribution in [0.1, 0.15) is 25.8 Å². The Morgan fingerprint density at radius 3 is 2.21 bits per heavy atom. The van der Waals surface area contributed by atoms with Crippen molar-refractivity contribution in [1.29, 1.82) is 0 Å². The minimum absolute atomic E-state index is 0.0265. The van der Waals surface area contributed by atoms with Crippen LogP contribution >= 0.6 is 11.6 Å². The fourth-order valence-corrected chi connectivity index (χ4v) is 5.49. The van der Waals surface area contributed by atoms with E-state index in [0.29, 0.717) is 12.1 Å². The predicted molar refractivity (Wildman–Crippen MR) is 142 cm³/mol. The highest BCUT2D eigenvalue weighted by Crippen LogP contribution is 2.28. The Hall–Kier alpha value is -3.50. The van der Waals surface area contributed by atoms with E-state index in [4.69, 9.17) is 11.6 Å². The standard InChI is InChI=1S/C27H28ClF2N3O4S/c1-3-25(27(35)31-4-2)32(17-19-10-12-20(29)13-11-19)26(34)18-33(21-14-15-24(30)23(28)16-21)38(36,37)22-8-6-5-7-9-22/h5-16,25H,3-4,17-18H2,1-2H3,(H,31,35)/t25-/m0/s1. The largest absolute Gasteiger partial charge is 0.355 e. The van der Waals surface area contributed by atoms with Gasteiger partial charge in [-0.25, -0.2) is 17.2 Å². The second kappa shape index (κ2) is 12.8. The first kappa shape index (κ1) is 29.1. The number of hydrogen-bond donors (Lipinski definition) is 1. The average Bonchev–Trinajstić information content (AvgIpc) is 2.90. The molecule has 3 aromatic carbocycles. The summed E-state index contributed by atoms with van der Waals surface area (Å²) in [5.41, 5.74) is 0.520. The quantitative estimate of drug-likeness (QED) is 0.364. The maximum absolute atomic E-state index is 13.9. The van der Waals surface area contributed by atoms with E-state index in [0.717, 1.165) is 16.4 Å². The number of rotatable bonds is 11. The van der Waals surface area contributed by atoms with Crippen LogP contribution in [0.15, 0.2) is 77.7 Å². The van der Waals surface area contributed by atoms with E-state index >= 15 is 0 Å². The minimum Gasteiger partial charge on any atom is -0.355 e. The number of carbonyl (C=O) groups is 2. The third-order valence-corrected chi connectivity index (χ3v) is 7.88. The van der Waals surface area contributed by atoms with Crippen molar-refractivity contribution in [3.8, 4) is 0 Å². The second-order valence-corrected chi connectivity index (χ2v) is 10.7. The number of sulfonamides is 1. The van der Waals surface area contributed by atoms with Crippen molar-refractivity contribution in [2.75, 3.05) is 17.4 Å². The molecule has 3 rings (SSSR count). The third kappa shape index (κ3) is 6.87. The van der Waals surface area contributed by atoms with Crippen LogP contribution in [0.25, 0.3) is 0 Å². The number of nitrogens with zero attached hydrogens (tertiary/aromatic N) is 2. The van der Waals surface area contributed by atoms with Crippen LogP contribution in [-0.2, 0) is 26.2 Å². The lowest BCUT2D eigenvalue weighted by molar-refractivity contribution is -0.140. The molecule has 3 aromatic rings. The van der Waals surface area contributed by atoms with Crippen LogP contribution in [0.5, 0.6) is 0 Å². The normalized spacial score (nSPS) is 12.0. The van der Waals surface area contributed by atoms with E-state index in [2.05, 4.69) is 5.32 Å². The van der Waals surface area contributed by atoms with Gasteiger partial charge in [0.1, 0.15) is 24.2 Å². The summed E-state index contributed by atoms with van der Waals surface area (Å²) >= 11 is 5.95. The molecule has 2 amide bonds. The molecule has 0 heterocycles. The maximum Gasteiger partial charge on any atom is 0.264 e. The molecule has 0 saturated carbocycles.